The molecule has 1 heterocycles. The molecule has 4 unspecified atom stereocenters. The van der Waals surface area contributed by atoms with Gasteiger partial charge in [-0.25, -0.2) is 0 Å². The van der Waals surface area contributed by atoms with E-state index in [0.29, 0.717) is 17.3 Å². The second-order valence-electron chi connectivity index (χ2n) is 6.70. The Labute approximate surface area is 109 Å². The van der Waals surface area contributed by atoms with Gasteiger partial charge in [0.25, 0.3) is 0 Å². The fraction of sp³-hybridized carbons (Fsp3) is 0.923. The number of carbonyl (C=O) groups excluding carboxylic acids is 1. The Morgan fingerprint density at radius 1 is 1.41 bits per heavy atom. The molecule has 4 atom stereocenters. The van der Waals surface area contributed by atoms with Crippen molar-refractivity contribution in [2.24, 2.45) is 16.7 Å². The number of hydrogen-bond donors (Lipinski definition) is 1. The molecule has 3 rings (SSSR count). The van der Waals surface area contributed by atoms with Crippen LogP contribution in [0.3, 0.4) is 0 Å². The van der Waals surface area contributed by atoms with Crippen LogP contribution in [0.1, 0.15) is 40.5 Å². The number of β-amino-alcohol motifs (C(OH)–C–C–N with tert-alkyl or cyclic N) is 1. The second-order valence-corrected chi connectivity index (χ2v) is 9.14. The van der Waals surface area contributed by atoms with Crippen molar-refractivity contribution in [2.75, 3.05) is 6.54 Å². The fourth-order valence-corrected chi connectivity index (χ4v) is 8.32. The Balaban J connectivity index is 2.03. The van der Waals surface area contributed by atoms with Gasteiger partial charge in [0.05, 0.1) is 0 Å². The van der Waals surface area contributed by atoms with E-state index >= 15 is 0 Å². The molecule has 1 N–H and O–H groups in total. The Hall–Kier alpha value is -0.0505. The standard InChI is InChI=1S/C13H21NO2Se/c1-8(15)14-7-13(16)10(17-14)9-5-6-12(13,4)11(9,2)3/h9-10,16H,5-7H2,1-4H3. The van der Waals surface area contributed by atoms with E-state index in [2.05, 4.69) is 20.8 Å². The first kappa shape index (κ1) is 12.0. The van der Waals surface area contributed by atoms with Gasteiger partial charge in [0.15, 0.2) is 0 Å². The molecule has 0 aromatic carbocycles. The molecular weight excluding hydrogens is 281 g/mol. The molecule has 2 bridgehead atoms. The van der Waals surface area contributed by atoms with Crippen LogP contribution in [0.5, 0.6) is 0 Å². The normalized spacial score (nSPS) is 50.8. The van der Waals surface area contributed by atoms with Crippen LogP contribution in [-0.2, 0) is 4.79 Å². The van der Waals surface area contributed by atoms with Gasteiger partial charge in [-0.1, -0.05) is 0 Å². The summed E-state index contributed by atoms with van der Waals surface area (Å²) in [5, 5.41) is 11.2. The average molecular weight is 302 g/mol. The molecule has 2 aliphatic carbocycles. The third-order valence-corrected chi connectivity index (χ3v) is 9.40. The Kier molecular flexibility index (Phi) is 2.18. The molecular formula is C13H21NO2Se. The van der Waals surface area contributed by atoms with Crippen molar-refractivity contribution in [3.05, 3.63) is 0 Å². The Bertz CT molecular complexity index is 397. The van der Waals surface area contributed by atoms with Gasteiger partial charge in [-0.3, -0.25) is 0 Å². The van der Waals surface area contributed by atoms with E-state index in [1.807, 2.05) is 3.92 Å². The molecule has 1 amide bonds. The summed E-state index contributed by atoms with van der Waals surface area (Å²) in [6.07, 6.45) is 2.34. The number of aliphatic hydroxyl groups is 1. The molecule has 0 aromatic rings. The summed E-state index contributed by atoms with van der Waals surface area (Å²) in [5.74, 6) is 0.732. The van der Waals surface area contributed by atoms with Gasteiger partial charge in [0.1, 0.15) is 0 Å². The van der Waals surface area contributed by atoms with Crippen molar-refractivity contribution in [1.82, 2.24) is 3.92 Å². The zero-order chi connectivity index (χ0) is 12.6. The number of nitrogens with zero attached hydrogens (tertiary/aromatic N) is 1. The monoisotopic (exact) mass is 303 g/mol. The molecule has 1 saturated heterocycles. The summed E-state index contributed by atoms with van der Waals surface area (Å²) in [7, 11) is 0. The van der Waals surface area contributed by atoms with E-state index in [9.17, 15) is 9.90 Å². The van der Waals surface area contributed by atoms with Crippen molar-refractivity contribution in [2.45, 2.75) is 51.0 Å². The summed E-state index contributed by atoms with van der Waals surface area (Å²) in [6.45, 7) is 9.07. The molecule has 3 nitrogen and oxygen atoms in total. The second kappa shape index (κ2) is 3.09. The Morgan fingerprint density at radius 2 is 2.06 bits per heavy atom. The van der Waals surface area contributed by atoms with Gasteiger partial charge in [0, 0.05) is 0 Å². The quantitative estimate of drug-likeness (QED) is 0.688. The van der Waals surface area contributed by atoms with Gasteiger partial charge in [-0.05, 0) is 0 Å². The third kappa shape index (κ3) is 1.11. The first-order valence-electron chi connectivity index (χ1n) is 6.41. The van der Waals surface area contributed by atoms with Crippen molar-refractivity contribution in [1.29, 1.82) is 0 Å². The first-order chi connectivity index (χ1) is 7.74. The van der Waals surface area contributed by atoms with Crippen molar-refractivity contribution >= 4 is 21.1 Å². The number of hydrogen-bond acceptors (Lipinski definition) is 2. The molecule has 1 aliphatic heterocycles. The summed E-state index contributed by atoms with van der Waals surface area (Å²) < 4.78 is 1.91. The van der Waals surface area contributed by atoms with Gasteiger partial charge < -0.3 is 0 Å². The SMILES string of the molecule is CC(=O)N1CC2(O)C([Se]1)C1CCC2(C)C1(C)C. The van der Waals surface area contributed by atoms with Crippen LogP contribution in [0, 0.1) is 16.7 Å². The molecule has 0 radical (unpaired) electrons. The van der Waals surface area contributed by atoms with Crippen LogP contribution in [0.15, 0.2) is 0 Å². The average Bonchev–Trinajstić information content (AvgIpc) is 2.71. The number of rotatable bonds is 0. The van der Waals surface area contributed by atoms with Crippen molar-refractivity contribution < 1.29 is 9.90 Å². The minimum atomic E-state index is -0.620. The van der Waals surface area contributed by atoms with E-state index in [1.165, 1.54) is 6.42 Å². The molecule has 0 spiro atoms. The summed E-state index contributed by atoms with van der Waals surface area (Å²) >= 11 is 0.140. The predicted molar refractivity (Wildman–Crippen MR) is 66.5 cm³/mol. The molecule has 4 heteroatoms. The van der Waals surface area contributed by atoms with E-state index in [0.717, 1.165) is 6.42 Å². The zero-order valence-corrected chi connectivity index (χ0v) is 12.7. The molecule has 96 valence electrons. The first-order valence-corrected chi connectivity index (χ1v) is 8.17. The molecule has 3 aliphatic rings. The maximum absolute atomic E-state index is 11.5. The minimum absolute atomic E-state index is 0.0126. The Morgan fingerprint density at radius 3 is 2.59 bits per heavy atom. The van der Waals surface area contributed by atoms with Crippen LogP contribution >= 0.6 is 0 Å². The van der Waals surface area contributed by atoms with Crippen LogP contribution in [0.25, 0.3) is 0 Å². The topological polar surface area (TPSA) is 40.5 Å². The number of amides is 1. The van der Waals surface area contributed by atoms with Gasteiger partial charge in [0.2, 0.25) is 0 Å². The third-order valence-electron chi connectivity index (χ3n) is 6.07. The summed E-state index contributed by atoms with van der Waals surface area (Å²) in [6, 6.07) is 0. The summed E-state index contributed by atoms with van der Waals surface area (Å²) in [5.41, 5.74) is -0.413. The van der Waals surface area contributed by atoms with Gasteiger partial charge in [-0.15, -0.1) is 0 Å². The van der Waals surface area contributed by atoms with Crippen LogP contribution in [0.2, 0.25) is 4.82 Å². The molecule has 17 heavy (non-hydrogen) atoms. The number of fused-ring (bicyclic) bond motifs is 5. The van der Waals surface area contributed by atoms with E-state index in [4.69, 9.17) is 0 Å². The number of carbonyl (C=O) groups is 1. The maximum atomic E-state index is 11.5. The zero-order valence-electron chi connectivity index (χ0n) is 11.0. The van der Waals surface area contributed by atoms with E-state index < -0.39 is 5.60 Å². The van der Waals surface area contributed by atoms with Gasteiger partial charge in [-0.2, -0.15) is 0 Å². The fourth-order valence-electron chi connectivity index (χ4n) is 4.49. The molecule has 3 fully saturated rings. The van der Waals surface area contributed by atoms with Crippen molar-refractivity contribution in [3.63, 3.8) is 0 Å². The van der Waals surface area contributed by atoms with E-state index in [-0.39, 0.29) is 31.9 Å². The van der Waals surface area contributed by atoms with Gasteiger partial charge >= 0.3 is 109 Å². The van der Waals surface area contributed by atoms with E-state index in [1.54, 1.807) is 6.92 Å². The molecule has 2 saturated carbocycles. The van der Waals surface area contributed by atoms with Crippen LogP contribution in [-0.4, -0.2) is 42.3 Å². The van der Waals surface area contributed by atoms with Crippen LogP contribution < -0.4 is 0 Å². The van der Waals surface area contributed by atoms with Crippen LogP contribution in [0.4, 0.5) is 0 Å². The predicted octanol–water partition coefficient (Wildman–Crippen LogP) is 1.44. The molecule has 0 aromatic heterocycles. The summed E-state index contributed by atoms with van der Waals surface area (Å²) in [4.78, 5) is 11.9. The van der Waals surface area contributed by atoms with Crippen molar-refractivity contribution in [3.8, 4) is 0 Å².